The quantitative estimate of drug-likeness (QED) is 0.784. The molecule has 0 aromatic heterocycles. The fourth-order valence-electron chi connectivity index (χ4n) is 3.54. The average Bonchev–Trinajstić information content (AvgIpc) is 2.77. The lowest BCUT2D eigenvalue weighted by Crippen LogP contribution is -2.41. The molecular formula is C13H22O3. The van der Waals surface area contributed by atoms with Crippen LogP contribution in [-0.4, -0.2) is 23.3 Å². The molecule has 2 fully saturated rings. The van der Waals surface area contributed by atoms with Crippen molar-refractivity contribution in [3.05, 3.63) is 0 Å². The van der Waals surface area contributed by atoms with Crippen molar-refractivity contribution in [2.75, 3.05) is 0 Å². The van der Waals surface area contributed by atoms with Crippen LogP contribution in [0.2, 0.25) is 0 Å². The van der Waals surface area contributed by atoms with E-state index in [1.54, 1.807) is 0 Å². The van der Waals surface area contributed by atoms with Crippen molar-refractivity contribution in [2.45, 2.75) is 64.6 Å². The fourth-order valence-corrected chi connectivity index (χ4v) is 3.54. The molecule has 4 atom stereocenters. The minimum atomic E-state index is -0.636. The van der Waals surface area contributed by atoms with Crippen molar-refractivity contribution in [1.29, 1.82) is 0 Å². The Morgan fingerprint density at radius 1 is 1.56 bits per heavy atom. The van der Waals surface area contributed by atoms with Crippen LogP contribution in [0.5, 0.6) is 0 Å². The average molecular weight is 226 g/mol. The van der Waals surface area contributed by atoms with E-state index in [9.17, 15) is 9.90 Å². The molecule has 16 heavy (non-hydrogen) atoms. The normalized spacial score (nSPS) is 38.9. The molecule has 0 radical (unpaired) electrons. The molecule has 2 bridgehead atoms. The highest BCUT2D eigenvalue weighted by atomic mass is 16.5. The molecule has 3 heteroatoms. The molecular weight excluding hydrogens is 204 g/mol. The summed E-state index contributed by atoms with van der Waals surface area (Å²) in [5, 5.41) is 9.52. The maximum absolute atomic E-state index is 11.6. The van der Waals surface area contributed by atoms with E-state index >= 15 is 0 Å². The third-order valence-electron chi connectivity index (χ3n) is 4.24. The van der Waals surface area contributed by atoms with Crippen molar-refractivity contribution in [2.24, 2.45) is 11.3 Å². The first-order valence-electron chi connectivity index (χ1n) is 6.47. The first-order valence-corrected chi connectivity index (χ1v) is 6.47. The van der Waals surface area contributed by atoms with E-state index in [1.807, 2.05) is 0 Å². The summed E-state index contributed by atoms with van der Waals surface area (Å²) >= 11 is 0. The Morgan fingerprint density at radius 2 is 2.31 bits per heavy atom. The fraction of sp³-hybridized carbons (Fsp3) is 0.923. The van der Waals surface area contributed by atoms with Gasteiger partial charge >= 0.3 is 5.97 Å². The van der Waals surface area contributed by atoms with Gasteiger partial charge in [-0.1, -0.05) is 26.7 Å². The number of carboxylic acid groups (broad SMARTS) is 1. The summed E-state index contributed by atoms with van der Waals surface area (Å²) in [4.78, 5) is 11.6. The smallest absolute Gasteiger partial charge is 0.312 e. The van der Waals surface area contributed by atoms with Crippen LogP contribution in [0.15, 0.2) is 0 Å². The number of carbonyl (C=O) groups is 1. The van der Waals surface area contributed by atoms with E-state index in [1.165, 1.54) is 0 Å². The number of hydrogen-bond donors (Lipinski definition) is 1. The molecule has 0 saturated carbocycles. The standard InChI is InChI=1S/C13H22O3/c1-3-4-9(2)7-13(12(14)15)8-10-5-6-11(13)16-10/h9-11H,3-8H2,1-2H3,(H,14,15). The number of fused-ring (bicyclic) bond motifs is 2. The SMILES string of the molecule is CCCC(C)CC1(C(=O)O)CC2CCC1O2. The maximum Gasteiger partial charge on any atom is 0.312 e. The van der Waals surface area contributed by atoms with Crippen LogP contribution < -0.4 is 0 Å². The first kappa shape index (κ1) is 11.9. The molecule has 2 aliphatic rings. The van der Waals surface area contributed by atoms with Gasteiger partial charge in [-0.2, -0.15) is 0 Å². The molecule has 3 nitrogen and oxygen atoms in total. The van der Waals surface area contributed by atoms with Crippen molar-refractivity contribution >= 4 is 5.97 Å². The molecule has 92 valence electrons. The maximum atomic E-state index is 11.6. The predicted molar refractivity (Wildman–Crippen MR) is 61.3 cm³/mol. The number of carboxylic acids is 1. The van der Waals surface area contributed by atoms with E-state index in [0.717, 1.165) is 38.5 Å². The van der Waals surface area contributed by atoms with Gasteiger partial charge in [-0.05, 0) is 31.6 Å². The van der Waals surface area contributed by atoms with Gasteiger partial charge in [0.15, 0.2) is 0 Å². The molecule has 2 heterocycles. The van der Waals surface area contributed by atoms with Crippen LogP contribution in [0, 0.1) is 11.3 Å². The van der Waals surface area contributed by atoms with Gasteiger partial charge in [0.1, 0.15) is 0 Å². The predicted octanol–water partition coefficient (Wildman–Crippen LogP) is 2.84. The Kier molecular flexibility index (Phi) is 3.24. The minimum Gasteiger partial charge on any atom is -0.481 e. The lowest BCUT2D eigenvalue weighted by molar-refractivity contribution is -0.153. The molecule has 1 N–H and O–H groups in total. The van der Waals surface area contributed by atoms with Crippen LogP contribution in [0.4, 0.5) is 0 Å². The van der Waals surface area contributed by atoms with Gasteiger partial charge in [0.25, 0.3) is 0 Å². The van der Waals surface area contributed by atoms with Gasteiger partial charge in [0.2, 0.25) is 0 Å². The van der Waals surface area contributed by atoms with E-state index in [2.05, 4.69) is 13.8 Å². The number of ether oxygens (including phenoxy) is 1. The van der Waals surface area contributed by atoms with Crippen molar-refractivity contribution in [3.8, 4) is 0 Å². The summed E-state index contributed by atoms with van der Waals surface area (Å²) in [6.07, 6.45) is 5.97. The van der Waals surface area contributed by atoms with E-state index < -0.39 is 11.4 Å². The van der Waals surface area contributed by atoms with Crippen LogP contribution in [0.25, 0.3) is 0 Å². The third kappa shape index (κ3) is 1.86. The topological polar surface area (TPSA) is 46.5 Å². The lowest BCUT2D eigenvalue weighted by Gasteiger charge is -2.33. The molecule has 0 amide bonds. The van der Waals surface area contributed by atoms with Gasteiger partial charge in [-0.15, -0.1) is 0 Å². The summed E-state index contributed by atoms with van der Waals surface area (Å²) in [7, 11) is 0. The number of rotatable bonds is 5. The molecule has 0 aromatic carbocycles. The van der Waals surface area contributed by atoms with Gasteiger partial charge < -0.3 is 9.84 Å². The Bertz CT molecular complexity index is 276. The van der Waals surface area contributed by atoms with E-state index in [0.29, 0.717) is 5.92 Å². The summed E-state index contributed by atoms with van der Waals surface area (Å²) in [5.74, 6) is -0.147. The summed E-state index contributed by atoms with van der Waals surface area (Å²) in [6, 6.07) is 0. The zero-order valence-corrected chi connectivity index (χ0v) is 10.2. The summed E-state index contributed by atoms with van der Waals surface area (Å²) in [5.41, 5.74) is -0.572. The molecule has 0 spiro atoms. The monoisotopic (exact) mass is 226 g/mol. The second-order valence-corrected chi connectivity index (χ2v) is 5.59. The van der Waals surface area contributed by atoms with Crippen molar-refractivity contribution in [3.63, 3.8) is 0 Å². The third-order valence-corrected chi connectivity index (χ3v) is 4.24. The summed E-state index contributed by atoms with van der Waals surface area (Å²) in [6.45, 7) is 4.32. The molecule has 2 aliphatic heterocycles. The van der Waals surface area contributed by atoms with Gasteiger partial charge in [0, 0.05) is 0 Å². The second-order valence-electron chi connectivity index (χ2n) is 5.59. The van der Waals surface area contributed by atoms with Crippen molar-refractivity contribution < 1.29 is 14.6 Å². The molecule has 0 aliphatic carbocycles. The van der Waals surface area contributed by atoms with Gasteiger partial charge in [-0.25, -0.2) is 0 Å². The van der Waals surface area contributed by atoms with Crippen LogP contribution >= 0.6 is 0 Å². The van der Waals surface area contributed by atoms with Gasteiger partial charge in [-0.3, -0.25) is 4.79 Å². The van der Waals surface area contributed by atoms with Crippen LogP contribution in [0.1, 0.15) is 52.4 Å². The Morgan fingerprint density at radius 3 is 2.75 bits per heavy atom. The molecule has 2 rings (SSSR count). The van der Waals surface area contributed by atoms with Crippen LogP contribution in [0.3, 0.4) is 0 Å². The zero-order chi connectivity index (χ0) is 11.8. The molecule has 2 saturated heterocycles. The highest BCUT2D eigenvalue weighted by Gasteiger charge is 2.57. The highest BCUT2D eigenvalue weighted by Crippen LogP contribution is 2.51. The number of aliphatic carboxylic acids is 1. The lowest BCUT2D eigenvalue weighted by atomic mass is 9.68. The Hall–Kier alpha value is -0.570. The van der Waals surface area contributed by atoms with E-state index in [-0.39, 0.29) is 12.2 Å². The molecule has 4 unspecified atom stereocenters. The van der Waals surface area contributed by atoms with Gasteiger partial charge in [0.05, 0.1) is 17.6 Å². The van der Waals surface area contributed by atoms with Crippen molar-refractivity contribution in [1.82, 2.24) is 0 Å². The summed E-state index contributed by atoms with van der Waals surface area (Å²) < 4.78 is 5.75. The Balaban J connectivity index is 2.08. The van der Waals surface area contributed by atoms with Crippen LogP contribution in [-0.2, 0) is 9.53 Å². The second kappa shape index (κ2) is 4.36. The zero-order valence-electron chi connectivity index (χ0n) is 10.2. The minimum absolute atomic E-state index is 0.0192. The largest absolute Gasteiger partial charge is 0.481 e. The Labute approximate surface area is 97.2 Å². The number of hydrogen-bond acceptors (Lipinski definition) is 2. The highest BCUT2D eigenvalue weighted by molar-refractivity contribution is 5.76. The first-order chi connectivity index (χ1) is 7.58. The van der Waals surface area contributed by atoms with E-state index in [4.69, 9.17) is 4.74 Å². The molecule has 0 aromatic rings.